The number of benzene rings is 1. The van der Waals surface area contributed by atoms with Gasteiger partial charge in [-0.25, -0.2) is 0 Å². The second-order valence-corrected chi connectivity index (χ2v) is 8.16. The Morgan fingerprint density at radius 2 is 2.20 bits per heavy atom. The van der Waals surface area contributed by atoms with Gasteiger partial charge in [-0.1, -0.05) is 40.1 Å². The number of amides is 1. The number of carbonyl (C=O) groups excluding carboxylic acids is 1. The fourth-order valence-corrected chi connectivity index (χ4v) is 5.35. The minimum Gasteiger partial charge on any atom is -0.326 e. The van der Waals surface area contributed by atoms with Crippen LogP contribution in [0.2, 0.25) is 0 Å². The van der Waals surface area contributed by atoms with Crippen LogP contribution in [0.25, 0.3) is 0 Å². The summed E-state index contributed by atoms with van der Waals surface area (Å²) in [7, 11) is 4.01. The van der Waals surface area contributed by atoms with Gasteiger partial charge >= 0.3 is 0 Å². The van der Waals surface area contributed by atoms with E-state index in [1.165, 1.54) is 36.1 Å². The second-order valence-electron chi connectivity index (χ2n) is 5.37. The van der Waals surface area contributed by atoms with Crippen LogP contribution in [0, 0.1) is 13.8 Å². The highest BCUT2D eigenvalue weighted by Crippen LogP contribution is 2.39. The summed E-state index contributed by atoms with van der Waals surface area (Å²) in [5, 5.41) is 3.85. The number of hydrogen-bond acceptors (Lipinski definition) is 3. The molecule has 0 bridgehead atoms. The molecule has 1 aliphatic rings. The van der Waals surface area contributed by atoms with Gasteiger partial charge in [-0.15, -0.1) is 0 Å². The number of unbranched alkanes of at least 4 members (excludes halogenated alkanes) is 1. The molecule has 1 saturated heterocycles. The van der Waals surface area contributed by atoms with E-state index in [2.05, 4.69) is 25.2 Å². The molecule has 1 fully saturated rings. The van der Waals surface area contributed by atoms with Crippen LogP contribution in [0.3, 0.4) is 0 Å². The molecule has 20 heavy (non-hydrogen) atoms. The van der Waals surface area contributed by atoms with Gasteiger partial charge in [0, 0.05) is 23.1 Å². The molecule has 1 unspecified atom stereocenters. The van der Waals surface area contributed by atoms with Crippen molar-refractivity contribution in [3.05, 3.63) is 29.3 Å². The van der Waals surface area contributed by atoms with Gasteiger partial charge in [0.15, 0.2) is 0 Å². The highest BCUT2D eigenvalue weighted by molar-refractivity contribution is 8.77. The lowest BCUT2D eigenvalue weighted by molar-refractivity contribution is -0.116. The summed E-state index contributed by atoms with van der Waals surface area (Å²) in [6.45, 7) is 4.13. The summed E-state index contributed by atoms with van der Waals surface area (Å²) in [6, 6.07) is 6.04. The van der Waals surface area contributed by atoms with Crippen LogP contribution in [0.15, 0.2) is 18.2 Å². The third-order valence-corrected chi connectivity index (χ3v) is 6.79. The van der Waals surface area contributed by atoms with Crippen molar-refractivity contribution in [2.75, 3.05) is 11.1 Å². The molecule has 1 atom stereocenters. The van der Waals surface area contributed by atoms with Crippen LogP contribution in [-0.2, 0) is 4.79 Å². The highest BCUT2D eigenvalue weighted by Gasteiger charge is 2.15. The lowest BCUT2D eigenvalue weighted by atomic mass is 10.1. The Kier molecular flexibility index (Phi) is 6.30. The summed E-state index contributed by atoms with van der Waals surface area (Å²) >= 11 is 0. The monoisotopic (exact) mass is 309 g/mol. The third kappa shape index (κ3) is 4.74. The predicted octanol–water partition coefficient (Wildman–Crippen LogP) is 4.96. The second kappa shape index (κ2) is 7.99. The van der Waals surface area contributed by atoms with Crippen molar-refractivity contribution < 1.29 is 4.79 Å². The molecule has 1 aromatic rings. The first-order valence-electron chi connectivity index (χ1n) is 7.31. The van der Waals surface area contributed by atoms with Gasteiger partial charge in [0.25, 0.3) is 0 Å². The molecule has 0 radical (unpaired) electrons. The van der Waals surface area contributed by atoms with E-state index in [4.69, 9.17) is 0 Å². The van der Waals surface area contributed by atoms with Gasteiger partial charge in [-0.3, -0.25) is 4.79 Å². The van der Waals surface area contributed by atoms with E-state index < -0.39 is 0 Å². The molecule has 1 amide bonds. The summed E-state index contributed by atoms with van der Waals surface area (Å²) in [5.41, 5.74) is 3.34. The fraction of sp³-hybridized carbons (Fsp3) is 0.562. The van der Waals surface area contributed by atoms with Gasteiger partial charge in [0.2, 0.25) is 5.91 Å². The van der Waals surface area contributed by atoms with E-state index >= 15 is 0 Å². The van der Waals surface area contributed by atoms with E-state index in [9.17, 15) is 4.79 Å². The minimum atomic E-state index is 0.146. The van der Waals surface area contributed by atoms with E-state index in [-0.39, 0.29) is 5.91 Å². The van der Waals surface area contributed by atoms with Gasteiger partial charge in [0.05, 0.1) is 0 Å². The van der Waals surface area contributed by atoms with Crippen molar-refractivity contribution in [1.29, 1.82) is 0 Å². The zero-order chi connectivity index (χ0) is 14.4. The number of rotatable bonds is 6. The first-order valence-corrected chi connectivity index (χ1v) is 9.69. The van der Waals surface area contributed by atoms with E-state index in [1.54, 1.807) is 0 Å². The molecule has 0 spiro atoms. The zero-order valence-electron chi connectivity index (χ0n) is 12.3. The summed E-state index contributed by atoms with van der Waals surface area (Å²) in [5.74, 6) is 1.44. The number of nitrogens with one attached hydrogen (secondary N) is 1. The van der Waals surface area contributed by atoms with Gasteiger partial charge in [0.1, 0.15) is 0 Å². The van der Waals surface area contributed by atoms with Gasteiger partial charge < -0.3 is 5.32 Å². The Hall–Kier alpha value is -0.610. The molecule has 4 heteroatoms. The van der Waals surface area contributed by atoms with Gasteiger partial charge in [-0.2, -0.15) is 0 Å². The third-order valence-electron chi connectivity index (χ3n) is 3.79. The van der Waals surface area contributed by atoms with Crippen molar-refractivity contribution >= 4 is 33.2 Å². The van der Waals surface area contributed by atoms with Crippen LogP contribution < -0.4 is 5.32 Å². The van der Waals surface area contributed by atoms with Crippen LogP contribution in [0.4, 0.5) is 5.69 Å². The Morgan fingerprint density at radius 3 is 2.95 bits per heavy atom. The normalized spacial score (nSPS) is 18.2. The largest absolute Gasteiger partial charge is 0.326 e. The predicted molar refractivity (Wildman–Crippen MR) is 91.5 cm³/mol. The molecule has 0 aliphatic carbocycles. The summed E-state index contributed by atoms with van der Waals surface area (Å²) < 4.78 is 0. The highest BCUT2D eigenvalue weighted by atomic mass is 33.1. The number of hydrogen-bond donors (Lipinski definition) is 1. The molecule has 1 aromatic carbocycles. The van der Waals surface area contributed by atoms with Crippen molar-refractivity contribution in [3.63, 3.8) is 0 Å². The smallest absolute Gasteiger partial charge is 0.224 e. The average molecular weight is 310 g/mol. The average Bonchev–Trinajstić information content (AvgIpc) is 2.93. The number of carbonyl (C=O) groups is 1. The molecular weight excluding hydrogens is 286 g/mol. The van der Waals surface area contributed by atoms with Gasteiger partial charge in [-0.05, 0) is 50.3 Å². The maximum Gasteiger partial charge on any atom is 0.224 e. The lowest BCUT2D eigenvalue weighted by Gasteiger charge is -2.10. The Bertz CT molecular complexity index is 456. The van der Waals surface area contributed by atoms with Crippen molar-refractivity contribution in [2.45, 2.75) is 51.2 Å². The zero-order valence-corrected chi connectivity index (χ0v) is 13.9. The fourth-order valence-electron chi connectivity index (χ4n) is 2.32. The quantitative estimate of drug-likeness (QED) is 0.595. The molecule has 0 saturated carbocycles. The van der Waals surface area contributed by atoms with Crippen molar-refractivity contribution in [1.82, 2.24) is 0 Å². The van der Waals surface area contributed by atoms with Crippen molar-refractivity contribution in [3.8, 4) is 0 Å². The maximum absolute atomic E-state index is 12.0. The van der Waals surface area contributed by atoms with Crippen molar-refractivity contribution in [2.24, 2.45) is 0 Å². The SMILES string of the molecule is Cc1cccc(NC(=O)CCCCC2CCSS2)c1C. The summed E-state index contributed by atoms with van der Waals surface area (Å²) in [6.07, 6.45) is 5.40. The van der Waals surface area contributed by atoms with Crippen LogP contribution in [0.5, 0.6) is 0 Å². The molecule has 1 aliphatic heterocycles. The molecular formula is C16H23NOS2. The number of anilines is 1. The lowest BCUT2D eigenvalue weighted by Crippen LogP contribution is -2.12. The molecule has 0 aromatic heterocycles. The van der Waals surface area contributed by atoms with Crippen LogP contribution in [0.1, 0.15) is 43.2 Å². The topological polar surface area (TPSA) is 29.1 Å². The minimum absolute atomic E-state index is 0.146. The first-order chi connectivity index (χ1) is 9.66. The van der Waals surface area contributed by atoms with Crippen LogP contribution in [-0.4, -0.2) is 16.9 Å². The van der Waals surface area contributed by atoms with E-state index in [0.717, 1.165) is 17.4 Å². The molecule has 1 heterocycles. The molecule has 1 N–H and O–H groups in total. The maximum atomic E-state index is 12.0. The van der Waals surface area contributed by atoms with E-state index in [1.807, 2.05) is 33.7 Å². The standard InChI is InChI=1S/C16H23NOS2/c1-12-6-5-8-15(13(12)2)17-16(18)9-4-3-7-14-10-11-19-20-14/h5-6,8,14H,3-4,7,9-11H2,1-2H3,(H,17,18). The molecule has 2 nitrogen and oxygen atoms in total. The Labute approximate surface area is 129 Å². The molecule has 110 valence electrons. The Balaban J connectivity index is 1.68. The van der Waals surface area contributed by atoms with E-state index in [0.29, 0.717) is 6.42 Å². The summed E-state index contributed by atoms with van der Waals surface area (Å²) in [4.78, 5) is 12.0. The first kappa shape index (κ1) is 15.8. The van der Waals surface area contributed by atoms with Crippen LogP contribution >= 0.6 is 21.6 Å². The molecule has 2 rings (SSSR count). The Morgan fingerprint density at radius 1 is 1.35 bits per heavy atom. The number of aryl methyl sites for hydroxylation is 1.